The number of nitrogens with two attached hydrogens (primary N) is 1. The lowest BCUT2D eigenvalue weighted by Gasteiger charge is -2.34. The second-order valence-electron chi connectivity index (χ2n) is 5.31. The lowest BCUT2D eigenvalue weighted by atomic mass is 9.72. The Hall–Kier alpha value is -0.120. The molecular weight excluding hydrogens is 202 g/mol. The Morgan fingerprint density at radius 3 is 2.81 bits per heavy atom. The molecule has 2 rings (SSSR count). The fourth-order valence-electron chi connectivity index (χ4n) is 3.10. The Kier molecular flexibility index (Phi) is 4.22. The van der Waals surface area contributed by atoms with Gasteiger partial charge in [-0.2, -0.15) is 0 Å². The largest absolute Gasteiger partial charge is 0.381 e. The van der Waals surface area contributed by atoms with Gasteiger partial charge in [-0.15, -0.1) is 0 Å². The first-order valence-corrected chi connectivity index (χ1v) is 6.74. The van der Waals surface area contributed by atoms with Crippen molar-refractivity contribution in [2.45, 2.75) is 57.7 Å². The molecule has 2 aliphatic rings. The third kappa shape index (κ3) is 2.41. The van der Waals surface area contributed by atoms with Crippen molar-refractivity contribution in [1.29, 1.82) is 0 Å². The minimum Gasteiger partial charge on any atom is -0.381 e. The molecule has 0 aromatic carbocycles. The number of hydrogen-bond donors (Lipinski definition) is 1. The van der Waals surface area contributed by atoms with Gasteiger partial charge in [-0.3, -0.25) is 0 Å². The Bertz CT molecular complexity index is 222. The van der Waals surface area contributed by atoms with Crippen LogP contribution < -0.4 is 5.73 Å². The van der Waals surface area contributed by atoms with Crippen LogP contribution in [0, 0.1) is 5.41 Å². The maximum Gasteiger partial charge on any atom is 0.0649 e. The van der Waals surface area contributed by atoms with E-state index in [9.17, 15) is 0 Å². The molecule has 0 aliphatic carbocycles. The molecule has 0 spiro atoms. The highest BCUT2D eigenvalue weighted by Gasteiger charge is 2.50. The molecule has 2 fully saturated rings. The first kappa shape index (κ1) is 12.3. The quantitative estimate of drug-likeness (QED) is 0.677. The number of ether oxygens (including phenoxy) is 2. The average Bonchev–Trinajstić information content (AvgIpc) is 2.89. The van der Waals surface area contributed by atoms with Crippen LogP contribution in [0.1, 0.15) is 45.4 Å². The van der Waals surface area contributed by atoms with Gasteiger partial charge in [0.25, 0.3) is 0 Å². The molecule has 0 saturated carbocycles. The number of hydrogen-bond acceptors (Lipinski definition) is 3. The summed E-state index contributed by atoms with van der Waals surface area (Å²) in [5.74, 6) is 0. The summed E-state index contributed by atoms with van der Waals surface area (Å²) in [7, 11) is 0. The molecule has 3 atom stereocenters. The monoisotopic (exact) mass is 227 g/mol. The van der Waals surface area contributed by atoms with Gasteiger partial charge in [-0.05, 0) is 32.1 Å². The molecule has 2 aliphatic heterocycles. The Morgan fingerprint density at radius 1 is 1.38 bits per heavy atom. The van der Waals surface area contributed by atoms with Gasteiger partial charge in [-0.25, -0.2) is 0 Å². The highest BCUT2D eigenvalue weighted by atomic mass is 16.5. The summed E-state index contributed by atoms with van der Waals surface area (Å²) in [6.45, 7) is 4.69. The summed E-state index contributed by atoms with van der Waals surface area (Å²) in [5.41, 5.74) is 6.19. The molecular formula is C13H25NO2. The van der Waals surface area contributed by atoms with Gasteiger partial charge >= 0.3 is 0 Å². The zero-order valence-corrected chi connectivity index (χ0v) is 10.4. The van der Waals surface area contributed by atoms with Crippen LogP contribution in [0.2, 0.25) is 0 Å². The van der Waals surface area contributed by atoms with E-state index < -0.39 is 0 Å². The van der Waals surface area contributed by atoms with Crippen LogP contribution in [0.5, 0.6) is 0 Å². The third-order valence-electron chi connectivity index (χ3n) is 4.22. The topological polar surface area (TPSA) is 44.5 Å². The van der Waals surface area contributed by atoms with Gasteiger partial charge in [0.05, 0.1) is 12.2 Å². The Balaban J connectivity index is 1.73. The molecule has 0 radical (unpaired) electrons. The summed E-state index contributed by atoms with van der Waals surface area (Å²) < 4.78 is 11.6. The van der Waals surface area contributed by atoms with Crippen molar-refractivity contribution in [1.82, 2.24) is 0 Å². The third-order valence-corrected chi connectivity index (χ3v) is 4.22. The second-order valence-corrected chi connectivity index (χ2v) is 5.31. The normalized spacial score (nSPS) is 37.1. The molecule has 16 heavy (non-hydrogen) atoms. The maximum absolute atomic E-state index is 5.96. The van der Waals surface area contributed by atoms with Crippen LogP contribution in [0.25, 0.3) is 0 Å². The summed E-state index contributed by atoms with van der Waals surface area (Å²) in [6, 6.07) is 0. The molecule has 2 saturated heterocycles. The lowest BCUT2D eigenvalue weighted by molar-refractivity contribution is 0.0360. The van der Waals surface area contributed by atoms with E-state index in [2.05, 4.69) is 6.92 Å². The number of unbranched alkanes of at least 4 members (excludes halogenated alkanes) is 1. The second kappa shape index (κ2) is 5.48. The summed E-state index contributed by atoms with van der Waals surface area (Å²) in [5, 5.41) is 0. The summed E-state index contributed by atoms with van der Waals surface area (Å²) in [6.07, 6.45) is 7.95. The first-order chi connectivity index (χ1) is 7.80. The highest BCUT2D eigenvalue weighted by molar-refractivity contribution is 5.01. The maximum atomic E-state index is 5.96. The van der Waals surface area contributed by atoms with Crippen LogP contribution >= 0.6 is 0 Å². The van der Waals surface area contributed by atoms with Crippen molar-refractivity contribution in [3.8, 4) is 0 Å². The van der Waals surface area contributed by atoms with E-state index in [1.807, 2.05) is 0 Å². The Labute approximate surface area is 98.7 Å². The molecule has 94 valence electrons. The van der Waals surface area contributed by atoms with Crippen LogP contribution in [-0.2, 0) is 9.47 Å². The summed E-state index contributed by atoms with van der Waals surface area (Å²) >= 11 is 0. The molecule has 3 nitrogen and oxygen atoms in total. The first-order valence-electron chi connectivity index (χ1n) is 6.74. The number of rotatable bonds is 7. The van der Waals surface area contributed by atoms with Crippen molar-refractivity contribution in [3.05, 3.63) is 0 Å². The molecule has 0 aromatic heterocycles. The van der Waals surface area contributed by atoms with Crippen molar-refractivity contribution < 1.29 is 9.47 Å². The van der Waals surface area contributed by atoms with Crippen molar-refractivity contribution in [3.63, 3.8) is 0 Å². The number of fused-ring (bicyclic) bond motifs is 2. The molecule has 0 amide bonds. The molecule has 2 heterocycles. The predicted molar refractivity (Wildman–Crippen MR) is 64.3 cm³/mol. The lowest BCUT2D eigenvalue weighted by Crippen LogP contribution is -2.40. The van der Waals surface area contributed by atoms with Gasteiger partial charge in [-0.1, -0.05) is 13.3 Å². The van der Waals surface area contributed by atoms with Crippen LogP contribution in [-0.4, -0.2) is 32.0 Å². The van der Waals surface area contributed by atoms with E-state index in [0.29, 0.717) is 12.2 Å². The van der Waals surface area contributed by atoms with E-state index in [4.69, 9.17) is 15.2 Å². The average molecular weight is 227 g/mol. The van der Waals surface area contributed by atoms with E-state index in [0.717, 1.165) is 39.0 Å². The smallest absolute Gasteiger partial charge is 0.0649 e. The van der Waals surface area contributed by atoms with E-state index in [-0.39, 0.29) is 5.41 Å². The molecule has 0 aromatic rings. The fraction of sp³-hybridized carbons (Fsp3) is 1.00. The van der Waals surface area contributed by atoms with E-state index in [1.54, 1.807) is 0 Å². The van der Waals surface area contributed by atoms with Gasteiger partial charge in [0, 0.05) is 25.2 Å². The fourth-order valence-corrected chi connectivity index (χ4v) is 3.10. The van der Waals surface area contributed by atoms with Crippen molar-refractivity contribution in [2.75, 3.05) is 19.8 Å². The van der Waals surface area contributed by atoms with Crippen LogP contribution in [0.4, 0.5) is 0 Å². The van der Waals surface area contributed by atoms with Crippen LogP contribution in [0.15, 0.2) is 0 Å². The molecule has 3 heteroatoms. The summed E-state index contributed by atoms with van der Waals surface area (Å²) in [4.78, 5) is 0. The minimum absolute atomic E-state index is 0.231. The van der Waals surface area contributed by atoms with Crippen molar-refractivity contribution >= 4 is 0 Å². The molecule has 2 bridgehead atoms. The Morgan fingerprint density at radius 2 is 2.25 bits per heavy atom. The molecule has 2 N–H and O–H groups in total. The van der Waals surface area contributed by atoms with Gasteiger partial charge in [0.1, 0.15) is 0 Å². The standard InChI is InChI=1S/C13H25NO2/c1-2-3-7-15-8-6-13(10-14)9-11-4-5-12(13)16-11/h11-12H,2-10,14H2,1H3. The van der Waals surface area contributed by atoms with E-state index >= 15 is 0 Å². The van der Waals surface area contributed by atoms with Gasteiger partial charge < -0.3 is 15.2 Å². The minimum atomic E-state index is 0.231. The van der Waals surface area contributed by atoms with Gasteiger partial charge in [0.15, 0.2) is 0 Å². The zero-order chi connectivity index (χ0) is 11.4. The highest BCUT2D eigenvalue weighted by Crippen LogP contribution is 2.49. The van der Waals surface area contributed by atoms with Gasteiger partial charge in [0.2, 0.25) is 0 Å². The van der Waals surface area contributed by atoms with Crippen molar-refractivity contribution in [2.24, 2.45) is 11.1 Å². The van der Waals surface area contributed by atoms with Crippen LogP contribution in [0.3, 0.4) is 0 Å². The SMILES string of the molecule is CCCCOCCC1(CN)CC2CCC1O2. The predicted octanol–water partition coefficient (Wildman–Crippen LogP) is 2.09. The zero-order valence-electron chi connectivity index (χ0n) is 10.4. The molecule has 3 unspecified atom stereocenters. The van der Waals surface area contributed by atoms with E-state index in [1.165, 1.54) is 19.3 Å².